The lowest BCUT2D eigenvalue weighted by atomic mass is 10.1. The van der Waals surface area contributed by atoms with E-state index in [1.54, 1.807) is 11.6 Å². The van der Waals surface area contributed by atoms with Crippen molar-refractivity contribution in [1.29, 1.82) is 0 Å². The van der Waals surface area contributed by atoms with Gasteiger partial charge in [0.05, 0.1) is 0 Å². The number of aryl methyl sites for hydroxylation is 2. The maximum absolute atomic E-state index is 12.4. The Morgan fingerprint density at radius 2 is 2.39 bits per heavy atom. The number of imidazole rings is 1. The standard InChI is InChI=1S/C16H16N4O2S/c1-10-2-4-13(22-10)16-19-12(9-23-16)15(21)18-11-3-5-14-17-6-7-20(14)8-11/h2,4,6-7,9,11H,3,5,8H2,1H3,(H,18,21). The summed E-state index contributed by atoms with van der Waals surface area (Å²) in [6.45, 7) is 2.65. The predicted molar refractivity (Wildman–Crippen MR) is 86.4 cm³/mol. The van der Waals surface area contributed by atoms with E-state index < -0.39 is 0 Å². The number of hydrogen-bond donors (Lipinski definition) is 1. The Bertz CT molecular complexity index is 848. The van der Waals surface area contributed by atoms with Crippen molar-refractivity contribution in [2.75, 3.05) is 0 Å². The van der Waals surface area contributed by atoms with E-state index in [1.807, 2.05) is 25.3 Å². The molecular weight excluding hydrogens is 312 g/mol. The van der Waals surface area contributed by atoms with Crippen LogP contribution in [0.5, 0.6) is 0 Å². The van der Waals surface area contributed by atoms with Crippen molar-refractivity contribution in [3.63, 3.8) is 0 Å². The molecule has 0 aliphatic carbocycles. The number of thiazole rings is 1. The van der Waals surface area contributed by atoms with Gasteiger partial charge in [-0.25, -0.2) is 9.97 Å². The number of carbonyl (C=O) groups is 1. The third-order valence-corrected chi connectivity index (χ3v) is 4.82. The predicted octanol–water partition coefficient (Wildman–Crippen LogP) is 2.65. The van der Waals surface area contributed by atoms with Crippen molar-refractivity contribution in [2.45, 2.75) is 32.4 Å². The molecule has 0 radical (unpaired) electrons. The van der Waals surface area contributed by atoms with Crippen LogP contribution in [0.1, 0.15) is 28.5 Å². The Morgan fingerprint density at radius 1 is 1.48 bits per heavy atom. The van der Waals surface area contributed by atoms with E-state index in [-0.39, 0.29) is 11.9 Å². The molecule has 23 heavy (non-hydrogen) atoms. The summed E-state index contributed by atoms with van der Waals surface area (Å²) in [5, 5.41) is 5.56. The van der Waals surface area contributed by atoms with E-state index in [4.69, 9.17) is 4.42 Å². The third kappa shape index (κ3) is 2.79. The second kappa shape index (κ2) is 5.66. The minimum Gasteiger partial charge on any atom is -0.459 e. The first-order chi connectivity index (χ1) is 11.2. The average molecular weight is 328 g/mol. The Morgan fingerprint density at radius 3 is 3.22 bits per heavy atom. The minimum absolute atomic E-state index is 0.111. The van der Waals surface area contributed by atoms with Gasteiger partial charge in [-0.15, -0.1) is 11.3 Å². The van der Waals surface area contributed by atoms with E-state index in [0.29, 0.717) is 11.5 Å². The van der Waals surface area contributed by atoms with Crippen LogP contribution in [-0.2, 0) is 13.0 Å². The van der Waals surface area contributed by atoms with Crippen LogP contribution in [0.25, 0.3) is 10.8 Å². The van der Waals surface area contributed by atoms with E-state index >= 15 is 0 Å². The fraction of sp³-hybridized carbons (Fsp3) is 0.312. The van der Waals surface area contributed by atoms with Gasteiger partial charge in [0.15, 0.2) is 10.8 Å². The van der Waals surface area contributed by atoms with Crippen LogP contribution in [0.2, 0.25) is 0 Å². The molecule has 7 heteroatoms. The maximum atomic E-state index is 12.4. The minimum atomic E-state index is -0.135. The van der Waals surface area contributed by atoms with Gasteiger partial charge in [-0.3, -0.25) is 4.79 Å². The Balaban J connectivity index is 1.45. The Hall–Kier alpha value is -2.41. The van der Waals surface area contributed by atoms with Crippen LogP contribution in [0, 0.1) is 6.92 Å². The summed E-state index contributed by atoms with van der Waals surface area (Å²) in [7, 11) is 0. The number of nitrogens with zero attached hydrogens (tertiary/aromatic N) is 3. The fourth-order valence-electron chi connectivity index (χ4n) is 2.78. The van der Waals surface area contributed by atoms with Gasteiger partial charge in [0.25, 0.3) is 5.91 Å². The lowest BCUT2D eigenvalue weighted by Gasteiger charge is -2.24. The van der Waals surface area contributed by atoms with Gasteiger partial charge in [0.1, 0.15) is 17.3 Å². The molecule has 0 saturated carbocycles. The van der Waals surface area contributed by atoms with Crippen molar-refractivity contribution < 1.29 is 9.21 Å². The molecule has 1 atom stereocenters. The highest BCUT2D eigenvalue weighted by Gasteiger charge is 2.22. The number of nitrogens with one attached hydrogen (secondary N) is 1. The summed E-state index contributed by atoms with van der Waals surface area (Å²) in [4.78, 5) is 21.1. The number of hydrogen-bond acceptors (Lipinski definition) is 5. The molecule has 1 unspecified atom stereocenters. The average Bonchev–Trinajstić information content (AvgIpc) is 3.26. The van der Waals surface area contributed by atoms with Crippen LogP contribution in [0.4, 0.5) is 0 Å². The molecule has 6 nitrogen and oxygen atoms in total. The largest absolute Gasteiger partial charge is 0.459 e. The number of amides is 1. The first kappa shape index (κ1) is 14.2. The highest BCUT2D eigenvalue weighted by atomic mass is 32.1. The number of carbonyl (C=O) groups excluding carboxylic acids is 1. The maximum Gasteiger partial charge on any atom is 0.271 e. The zero-order valence-corrected chi connectivity index (χ0v) is 13.5. The van der Waals surface area contributed by atoms with Gasteiger partial charge in [-0.2, -0.15) is 0 Å². The van der Waals surface area contributed by atoms with Crippen molar-refractivity contribution in [1.82, 2.24) is 19.9 Å². The molecular formula is C16H16N4O2S. The number of fused-ring (bicyclic) bond motifs is 1. The summed E-state index contributed by atoms with van der Waals surface area (Å²) in [6, 6.07) is 3.87. The lowest BCUT2D eigenvalue weighted by Crippen LogP contribution is -2.41. The van der Waals surface area contributed by atoms with Gasteiger partial charge >= 0.3 is 0 Å². The first-order valence-corrected chi connectivity index (χ1v) is 8.40. The van der Waals surface area contributed by atoms with Crippen molar-refractivity contribution in [3.05, 3.63) is 47.2 Å². The Labute approximate surface area is 137 Å². The molecule has 1 amide bonds. The normalized spacial score (nSPS) is 17.0. The van der Waals surface area contributed by atoms with Gasteiger partial charge in [-0.1, -0.05) is 0 Å². The van der Waals surface area contributed by atoms with E-state index in [2.05, 4.69) is 19.9 Å². The van der Waals surface area contributed by atoms with E-state index in [1.165, 1.54) is 11.3 Å². The highest BCUT2D eigenvalue weighted by molar-refractivity contribution is 7.13. The van der Waals surface area contributed by atoms with Crippen LogP contribution >= 0.6 is 11.3 Å². The lowest BCUT2D eigenvalue weighted by molar-refractivity contribution is 0.0923. The molecule has 4 rings (SSSR count). The molecule has 0 aromatic carbocycles. The summed E-state index contributed by atoms with van der Waals surface area (Å²) in [5.74, 6) is 2.48. The molecule has 3 aromatic rings. The topological polar surface area (TPSA) is 73.0 Å². The Kier molecular flexibility index (Phi) is 3.49. The zero-order chi connectivity index (χ0) is 15.8. The second-order valence-electron chi connectivity index (χ2n) is 5.65. The molecule has 0 saturated heterocycles. The van der Waals surface area contributed by atoms with Gasteiger partial charge in [0.2, 0.25) is 0 Å². The fourth-order valence-corrected chi connectivity index (χ4v) is 3.54. The molecule has 1 N–H and O–H groups in total. The molecule has 3 aromatic heterocycles. The van der Waals surface area contributed by atoms with Crippen LogP contribution in [0.15, 0.2) is 34.3 Å². The number of rotatable bonds is 3. The number of furan rings is 1. The summed E-state index contributed by atoms with van der Waals surface area (Å²) in [6.07, 6.45) is 5.54. The summed E-state index contributed by atoms with van der Waals surface area (Å²) >= 11 is 1.42. The monoisotopic (exact) mass is 328 g/mol. The molecule has 1 aliphatic heterocycles. The molecule has 118 valence electrons. The van der Waals surface area contributed by atoms with Crippen LogP contribution in [-0.4, -0.2) is 26.5 Å². The second-order valence-corrected chi connectivity index (χ2v) is 6.51. The number of aromatic nitrogens is 3. The SMILES string of the molecule is Cc1ccc(-c2nc(C(=O)NC3CCc4nccn4C3)cs2)o1. The zero-order valence-electron chi connectivity index (χ0n) is 12.7. The van der Waals surface area contributed by atoms with E-state index in [9.17, 15) is 4.79 Å². The van der Waals surface area contributed by atoms with Crippen molar-refractivity contribution in [3.8, 4) is 10.8 Å². The quantitative estimate of drug-likeness (QED) is 0.802. The van der Waals surface area contributed by atoms with Crippen molar-refractivity contribution in [2.24, 2.45) is 0 Å². The third-order valence-electron chi connectivity index (χ3n) is 3.96. The van der Waals surface area contributed by atoms with E-state index in [0.717, 1.165) is 36.0 Å². The van der Waals surface area contributed by atoms with Gasteiger partial charge in [-0.05, 0) is 25.5 Å². The molecule has 1 aliphatic rings. The summed E-state index contributed by atoms with van der Waals surface area (Å²) < 4.78 is 7.64. The van der Waals surface area contributed by atoms with Gasteiger partial charge < -0.3 is 14.3 Å². The highest BCUT2D eigenvalue weighted by Crippen LogP contribution is 2.25. The van der Waals surface area contributed by atoms with Crippen molar-refractivity contribution >= 4 is 17.2 Å². The van der Waals surface area contributed by atoms with Crippen LogP contribution < -0.4 is 5.32 Å². The first-order valence-electron chi connectivity index (χ1n) is 7.52. The molecule has 4 heterocycles. The summed E-state index contributed by atoms with van der Waals surface area (Å²) in [5.41, 5.74) is 0.440. The van der Waals surface area contributed by atoms with Gasteiger partial charge in [0, 0.05) is 36.8 Å². The molecule has 0 fully saturated rings. The van der Waals surface area contributed by atoms with Crippen LogP contribution in [0.3, 0.4) is 0 Å². The smallest absolute Gasteiger partial charge is 0.271 e. The molecule has 0 bridgehead atoms. The molecule has 0 spiro atoms.